The van der Waals surface area contributed by atoms with Crippen LogP contribution in [-0.2, 0) is 9.47 Å². The maximum Gasteiger partial charge on any atom is 0.410 e. The van der Waals surface area contributed by atoms with Gasteiger partial charge >= 0.3 is 6.09 Å². The zero-order valence-corrected chi connectivity index (χ0v) is 10.2. The molecule has 90 valence electrons. The van der Waals surface area contributed by atoms with Crippen LogP contribution in [0.3, 0.4) is 0 Å². The molecule has 0 N–H and O–H groups in total. The number of carbonyl (C=O) groups is 1. The molecule has 0 aromatic carbocycles. The van der Waals surface area contributed by atoms with Gasteiger partial charge in [-0.05, 0) is 32.8 Å². The van der Waals surface area contributed by atoms with Gasteiger partial charge in [-0.15, -0.1) is 0 Å². The van der Waals surface area contributed by atoms with Crippen molar-refractivity contribution >= 4 is 6.09 Å². The van der Waals surface area contributed by atoms with Gasteiger partial charge in [-0.1, -0.05) is 6.58 Å². The molecule has 1 spiro atoms. The van der Waals surface area contributed by atoms with Gasteiger partial charge in [0, 0.05) is 0 Å². The normalized spacial score (nSPS) is 23.4. The molecule has 0 aromatic heterocycles. The van der Waals surface area contributed by atoms with Crippen LogP contribution in [0, 0.1) is 0 Å². The van der Waals surface area contributed by atoms with Gasteiger partial charge in [-0.25, -0.2) is 4.79 Å². The molecule has 2 saturated heterocycles. The van der Waals surface area contributed by atoms with E-state index in [1.807, 2.05) is 20.8 Å². The first-order valence-electron chi connectivity index (χ1n) is 5.63. The zero-order chi connectivity index (χ0) is 12.0. The van der Waals surface area contributed by atoms with Gasteiger partial charge < -0.3 is 14.4 Å². The molecule has 0 aromatic rings. The number of rotatable bonds is 0. The minimum Gasteiger partial charge on any atom is -0.444 e. The lowest BCUT2D eigenvalue weighted by Gasteiger charge is -2.47. The van der Waals surface area contributed by atoms with Gasteiger partial charge in [0.1, 0.15) is 11.2 Å². The minimum atomic E-state index is -0.437. The molecule has 0 unspecified atom stereocenters. The Balaban J connectivity index is 1.88. The lowest BCUT2D eigenvalue weighted by atomic mass is 9.87. The van der Waals surface area contributed by atoms with Gasteiger partial charge in [0.15, 0.2) is 0 Å². The molecule has 0 radical (unpaired) electrons. The predicted molar refractivity (Wildman–Crippen MR) is 60.2 cm³/mol. The van der Waals surface area contributed by atoms with Crippen molar-refractivity contribution in [1.82, 2.24) is 4.90 Å². The van der Waals surface area contributed by atoms with E-state index in [1.165, 1.54) is 0 Å². The summed E-state index contributed by atoms with van der Waals surface area (Å²) >= 11 is 0. The third-order valence-electron chi connectivity index (χ3n) is 2.97. The highest BCUT2D eigenvalue weighted by Gasteiger charge is 2.51. The number of nitrogens with zero attached hydrogens (tertiary/aromatic N) is 1. The Kier molecular flexibility index (Phi) is 2.49. The van der Waals surface area contributed by atoms with E-state index in [2.05, 4.69) is 6.58 Å². The first-order chi connectivity index (χ1) is 7.32. The molecule has 2 rings (SSSR count). The summed E-state index contributed by atoms with van der Waals surface area (Å²) in [7, 11) is 0. The van der Waals surface area contributed by atoms with Crippen LogP contribution in [-0.4, -0.2) is 41.9 Å². The van der Waals surface area contributed by atoms with E-state index in [0.717, 1.165) is 18.6 Å². The highest BCUT2D eigenvalue weighted by Crippen LogP contribution is 2.38. The average Bonchev–Trinajstić information content (AvgIpc) is 2.40. The summed E-state index contributed by atoms with van der Waals surface area (Å²) in [5, 5.41) is 0. The number of likely N-dealkylation sites (tertiary alicyclic amines) is 1. The second-order valence-electron chi connectivity index (χ2n) is 5.53. The van der Waals surface area contributed by atoms with Crippen molar-refractivity contribution in [1.29, 1.82) is 0 Å². The van der Waals surface area contributed by atoms with Gasteiger partial charge in [0.2, 0.25) is 0 Å². The Hall–Kier alpha value is -1.03. The molecule has 2 aliphatic rings. The Labute approximate surface area is 96.2 Å². The molecule has 0 bridgehead atoms. The molecule has 1 amide bonds. The molecule has 0 aliphatic carbocycles. The topological polar surface area (TPSA) is 38.8 Å². The van der Waals surface area contributed by atoms with Crippen LogP contribution in [0.4, 0.5) is 4.79 Å². The van der Waals surface area contributed by atoms with Crippen molar-refractivity contribution in [2.75, 3.05) is 19.7 Å². The smallest absolute Gasteiger partial charge is 0.410 e. The van der Waals surface area contributed by atoms with Crippen LogP contribution in [0.1, 0.15) is 27.2 Å². The number of hydrogen-bond donors (Lipinski definition) is 0. The average molecular weight is 225 g/mol. The Morgan fingerprint density at radius 2 is 2.12 bits per heavy atom. The fraction of sp³-hybridized carbons (Fsp3) is 0.750. The predicted octanol–water partition coefficient (Wildman–Crippen LogP) is 1.95. The Morgan fingerprint density at radius 3 is 2.56 bits per heavy atom. The van der Waals surface area contributed by atoms with E-state index in [-0.39, 0.29) is 11.7 Å². The second-order valence-corrected chi connectivity index (χ2v) is 5.53. The number of ether oxygens (including phenoxy) is 2. The molecule has 2 heterocycles. The van der Waals surface area contributed by atoms with Crippen LogP contribution in [0.5, 0.6) is 0 Å². The maximum absolute atomic E-state index is 11.7. The third-order valence-corrected chi connectivity index (χ3v) is 2.97. The maximum atomic E-state index is 11.7. The van der Waals surface area contributed by atoms with Gasteiger partial charge in [-0.2, -0.15) is 0 Å². The number of hydrogen-bond acceptors (Lipinski definition) is 3. The van der Waals surface area contributed by atoms with Crippen molar-refractivity contribution in [3.8, 4) is 0 Å². The molecule has 0 atom stereocenters. The van der Waals surface area contributed by atoms with Gasteiger partial charge in [0.05, 0.1) is 19.7 Å². The largest absolute Gasteiger partial charge is 0.444 e. The summed E-state index contributed by atoms with van der Waals surface area (Å²) in [6.07, 6.45) is 0.642. The van der Waals surface area contributed by atoms with Crippen molar-refractivity contribution in [2.24, 2.45) is 0 Å². The Morgan fingerprint density at radius 1 is 1.50 bits per heavy atom. The summed E-state index contributed by atoms with van der Waals surface area (Å²) in [5.41, 5.74) is 0.400. The summed E-state index contributed by atoms with van der Waals surface area (Å²) < 4.78 is 10.9. The molecule has 16 heavy (non-hydrogen) atoms. The molecule has 4 heteroatoms. The number of amides is 1. The number of carbonyl (C=O) groups excluding carboxylic acids is 1. The van der Waals surface area contributed by atoms with Crippen molar-refractivity contribution < 1.29 is 14.3 Å². The monoisotopic (exact) mass is 225 g/mol. The molecule has 2 aliphatic heterocycles. The van der Waals surface area contributed by atoms with Crippen molar-refractivity contribution in [3.63, 3.8) is 0 Å². The van der Waals surface area contributed by atoms with Crippen LogP contribution in [0.2, 0.25) is 0 Å². The highest BCUT2D eigenvalue weighted by molar-refractivity contribution is 5.70. The van der Waals surface area contributed by atoms with Gasteiger partial charge in [0.25, 0.3) is 0 Å². The SMILES string of the molecule is C=C1CCOC12CN(C(=O)OC(C)(C)C)C2. The summed E-state index contributed by atoms with van der Waals surface area (Å²) in [6, 6.07) is 0. The van der Waals surface area contributed by atoms with Crippen LogP contribution < -0.4 is 0 Å². The highest BCUT2D eigenvalue weighted by atomic mass is 16.6. The molecule has 0 saturated carbocycles. The fourth-order valence-corrected chi connectivity index (χ4v) is 2.04. The first kappa shape index (κ1) is 11.5. The second kappa shape index (κ2) is 3.48. The zero-order valence-electron chi connectivity index (χ0n) is 10.2. The molecule has 2 fully saturated rings. The van der Waals surface area contributed by atoms with Crippen LogP contribution in [0.15, 0.2) is 12.2 Å². The molecular formula is C12H19NO3. The lowest BCUT2D eigenvalue weighted by Crippen LogP contribution is -2.64. The van der Waals surface area contributed by atoms with E-state index in [9.17, 15) is 4.79 Å². The third kappa shape index (κ3) is 1.94. The minimum absolute atomic E-state index is 0.263. The van der Waals surface area contributed by atoms with Crippen LogP contribution >= 0.6 is 0 Å². The lowest BCUT2D eigenvalue weighted by molar-refractivity contribution is -0.0926. The van der Waals surface area contributed by atoms with E-state index in [0.29, 0.717) is 13.1 Å². The summed E-state index contributed by atoms with van der Waals surface area (Å²) in [4.78, 5) is 13.4. The molecule has 4 nitrogen and oxygen atoms in total. The van der Waals surface area contributed by atoms with E-state index < -0.39 is 5.60 Å². The van der Waals surface area contributed by atoms with Gasteiger partial charge in [-0.3, -0.25) is 0 Å². The van der Waals surface area contributed by atoms with Crippen molar-refractivity contribution in [3.05, 3.63) is 12.2 Å². The van der Waals surface area contributed by atoms with Crippen LogP contribution in [0.25, 0.3) is 0 Å². The van der Waals surface area contributed by atoms with E-state index in [4.69, 9.17) is 9.47 Å². The molecular weight excluding hydrogens is 206 g/mol. The first-order valence-corrected chi connectivity index (χ1v) is 5.63. The summed E-state index contributed by atoms with van der Waals surface area (Å²) in [6.45, 7) is 11.5. The van der Waals surface area contributed by atoms with E-state index >= 15 is 0 Å². The summed E-state index contributed by atoms with van der Waals surface area (Å²) in [5.74, 6) is 0. The van der Waals surface area contributed by atoms with E-state index in [1.54, 1.807) is 4.90 Å². The standard InChI is InChI=1S/C12H19NO3/c1-9-5-6-15-12(9)7-13(8-12)10(14)16-11(2,3)4/h1,5-8H2,2-4H3. The fourth-order valence-electron chi connectivity index (χ4n) is 2.04. The Bertz CT molecular complexity index is 324. The van der Waals surface area contributed by atoms with Crippen molar-refractivity contribution in [2.45, 2.75) is 38.4 Å². The quantitative estimate of drug-likeness (QED) is 0.591.